The Balaban J connectivity index is -0.000000173. The van der Waals surface area contributed by atoms with Gasteiger partial charge in [-0.2, -0.15) is 26.3 Å². The third-order valence-electron chi connectivity index (χ3n) is 1.05. The zero-order chi connectivity index (χ0) is 20.4. The molecule has 0 aromatic heterocycles. The van der Waals surface area contributed by atoms with Crippen molar-refractivity contribution in [2.24, 2.45) is 0 Å². The van der Waals surface area contributed by atoms with Gasteiger partial charge in [0.15, 0.2) is 20.0 Å². The third-order valence-corrected chi connectivity index (χ3v) is 5.96. The third kappa shape index (κ3) is 14.4. The Morgan fingerprint density at radius 3 is 0.769 bits per heavy atom. The minimum atomic E-state index is -5.92. The van der Waals surface area contributed by atoms with E-state index < -0.39 is 51.1 Å². The average molecular weight is 491 g/mol. The first kappa shape index (κ1) is 33.9. The van der Waals surface area contributed by atoms with Gasteiger partial charge in [-0.25, -0.2) is 33.7 Å². The molecule has 26 heavy (non-hydrogen) atoms. The molecule has 0 N–H and O–H groups in total. The zero-order valence-corrected chi connectivity index (χ0v) is 17.3. The summed E-state index contributed by atoms with van der Waals surface area (Å²) in [5.41, 5.74) is -11.3. The fourth-order valence-electron chi connectivity index (χ4n) is 0.441. The molecule has 0 heterocycles. The van der Waals surface area contributed by atoms with Crippen LogP contribution in [0.15, 0.2) is 0 Å². The molecule has 0 aliphatic carbocycles. The second kappa shape index (κ2) is 10.2. The molecule has 0 aliphatic rings. The van der Waals surface area contributed by atoms with Gasteiger partial charge in [-0.3, -0.25) is 0 Å². The van der Waals surface area contributed by atoms with Crippen molar-refractivity contribution in [3.05, 3.63) is 8.25 Å². The Morgan fingerprint density at radius 1 is 0.577 bits per heavy atom. The van der Waals surface area contributed by atoms with Crippen molar-refractivity contribution in [3.8, 4) is 0 Å². The average Bonchev–Trinajstić information content (AvgIpc) is 2.05. The number of hydrogen-bond donors (Lipinski definition) is 0. The summed E-state index contributed by atoms with van der Waals surface area (Å²) in [7, 11) is -20.9. The van der Waals surface area contributed by atoms with Crippen LogP contribution in [-0.2, 0) is 40.1 Å². The van der Waals surface area contributed by atoms with Gasteiger partial charge in [0.05, 0.1) is 20.0 Å². The van der Waals surface area contributed by atoms with Crippen LogP contribution in [-0.4, -0.2) is 57.2 Å². The van der Waals surface area contributed by atoms with Crippen molar-refractivity contribution in [1.29, 1.82) is 0 Å². The predicted octanol–water partition coefficient (Wildman–Crippen LogP) is -2.02. The molecule has 156 valence electrons. The smallest absolute Gasteiger partial charge is 0.429 e. The van der Waals surface area contributed by atoms with Gasteiger partial charge in [0.2, 0.25) is 0 Å². The van der Waals surface area contributed by atoms with E-state index in [1.807, 2.05) is 0 Å². The Morgan fingerprint density at radius 2 is 0.731 bits per heavy atom. The maximum absolute atomic E-state index is 11.4. The van der Waals surface area contributed by atoms with E-state index in [-0.39, 0.29) is 49.5 Å². The maximum Gasteiger partial charge on any atom is 1.00 e. The molecule has 0 radical (unpaired) electrons. The number of rotatable bonds is 4. The molecule has 0 saturated heterocycles. The van der Waals surface area contributed by atoms with E-state index >= 15 is 0 Å². The molecule has 21 heteroatoms. The van der Waals surface area contributed by atoms with E-state index in [9.17, 15) is 60.0 Å². The summed E-state index contributed by atoms with van der Waals surface area (Å²) in [6.07, 6.45) is 0.493. The van der Waals surface area contributed by atoms with Crippen LogP contribution in [0.1, 0.15) is 7.43 Å². The first-order valence-electron chi connectivity index (χ1n) is 4.42. The first-order valence-corrected chi connectivity index (χ1v) is 11.0. The Bertz CT molecular complexity index is 783. The molecular weight excluding hydrogens is 481 g/mol. The van der Waals surface area contributed by atoms with Gasteiger partial charge in [-0.15, -0.1) is 0 Å². The largest absolute Gasteiger partial charge is 1.00 e. The van der Waals surface area contributed by atoms with Crippen molar-refractivity contribution in [3.63, 3.8) is 0 Å². The van der Waals surface area contributed by atoms with Gasteiger partial charge in [0, 0.05) is 12.5 Å². The quantitative estimate of drug-likeness (QED) is 0.321. The molecule has 0 aromatic rings. The van der Waals surface area contributed by atoms with Crippen molar-refractivity contribution in [2.75, 3.05) is 12.5 Å². The van der Waals surface area contributed by atoms with E-state index in [0.717, 1.165) is 0 Å². The molecule has 0 fully saturated rings. The van der Waals surface area contributed by atoms with Gasteiger partial charge < -0.3 is 8.25 Å². The number of sulfonamides is 4. The summed E-state index contributed by atoms with van der Waals surface area (Å²) in [5.74, 6) is 0. The van der Waals surface area contributed by atoms with Crippen LogP contribution < -0.4 is 29.6 Å². The normalized spacial score (nSPS) is 13.5. The Labute approximate surface area is 168 Å². The summed E-state index contributed by atoms with van der Waals surface area (Å²) in [5, 5.41) is 0. The van der Waals surface area contributed by atoms with Crippen molar-refractivity contribution >= 4 is 40.1 Å². The molecule has 0 spiro atoms. The molecule has 0 aliphatic heterocycles. The van der Waals surface area contributed by atoms with Gasteiger partial charge >= 0.3 is 40.6 Å². The van der Waals surface area contributed by atoms with E-state index in [4.69, 9.17) is 0 Å². The van der Waals surface area contributed by atoms with Crippen LogP contribution in [0.4, 0.5) is 26.3 Å². The van der Waals surface area contributed by atoms with Crippen molar-refractivity contribution < 1.29 is 89.6 Å². The molecule has 10 nitrogen and oxygen atoms in total. The summed E-state index contributed by atoms with van der Waals surface area (Å²) in [4.78, 5) is 0. The minimum absolute atomic E-state index is 0. The first-order chi connectivity index (χ1) is 9.91. The van der Waals surface area contributed by atoms with Gasteiger partial charge in [0.1, 0.15) is 0 Å². The van der Waals surface area contributed by atoms with E-state index in [0.29, 0.717) is 0 Å². The summed E-state index contributed by atoms with van der Waals surface area (Å²) in [6.45, 7) is 0. The zero-order valence-electron chi connectivity index (χ0n) is 12.1. The molecule has 0 bridgehead atoms. The van der Waals surface area contributed by atoms with Crippen molar-refractivity contribution in [2.45, 2.75) is 18.4 Å². The SMILES string of the molecule is C.CS(=O)(=O)[N-]S(=O)(=O)C(F)(F)F.CS(=O)(=O)[N-]S(=O)(=O)C(F)(F)F.[Na+]. The predicted molar refractivity (Wildman–Crippen MR) is 73.1 cm³/mol. The van der Waals surface area contributed by atoms with Crippen molar-refractivity contribution in [1.82, 2.24) is 0 Å². The number of alkyl halides is 6. The number of hydrogen-bond acceptors (Lipinski definition) is 8. The fourth-order valence-corrected chi connectivity index (χ4v) is 3.97. The van der Waals surface area contributed by atoms with Crippen LogP contribution in [0, 0.1) is 0 Å². The molecule has 0 saturated carbocycles. The van der Waals surface area contributed by atoms with Crippen LogP contribution in [0.5, 0.6) is 0 Å². The fraction of sp³-hybridized carbons (Fsp3) is 1.00. The minimum Gasteiger partial charge on any atom is -0.429 e. The van der Waals surface area contributed by atoms with E-state index in [2.05, 4.69) is 0 Å². The summed E-state index contributed by atoms with van der Waals surface area (Å²) >= 11 is 0. The maximum atomic E-state index is 11.4. The number of nitrogens with zero attached hydrogens (tertiary/aromatic N) is 2. The molecule has 0 rings (SSSR count). The molecular formula is C5H10F6N2NaO8S4-. The van der Waals surface area contributed by atoms with Crippen LogP contribution in [0.2, 0.25) is 0 Å². The molecule has 0 amide bonds. The molecule has 0 unspecified atom stereocenters. The second-order valence-corrected chi connectivity index (χ2v) is 10.4. The summed E-state index contributed by atoms with van der Waals surface area (Å²) in [6, 6.07) is 0. The topological polar surface area (TPSA) is 165 Å². The van der Waals surface area contributed by atoms with Crippen LogP contribution in [0.25, 0.3) is 8.25 Å². The van der Waals surface area contributed by atoms with Gasteiger partial charge in [0.25, 0.3) is 0 Å². The van der Waals surface area contributed by atoms with E-state index in [1.165, 1.54) is 0 Å². The van der Waals surface area contributed by atoms with Crippen LogP contribution in [0.3, 0.4) is 0 Å². The van der Waals surface area contributed by atoms with Gasteiger partial charge in [-0.1, -0.05) is 7.43 Å². The Hall–Kier alpha value is 0.300. The molecule has 0 aromatic carbocycles. The second-order valence-electron chi connectivity index (χ2n) is 3.46. The van der Waals surface area contributed by atoms with E-state index in [1.54, 1.807) is 8.25 Å². The molecule has 0 atom stereocenters. The monoisotopic (exact) mass is 491 g/mol. The summed E-state index contributed by atoms with van der Waals surface area (Å²) < 4.78 is 152. The standard InChI is InChI=1S/2C2H3F3NO4S2.CH4.Na/c2*1-11(7,8)6-12(9,10)2(3,4)5;;/h2*1H3;1H4;/q2*-1;;+1. The van der Waals surface area contributed by atoms with Gasteiger partial charge in [-0.05, 0) is 0 Å². The number of halogens is 6. The Kier molecular flexibility index (Phi) is 13.3. The van der Waals surface area contributed by atoms with Crippen LogP contribution >= 0.6 is 0 Å².